The molecule has 1 aromatic rings. The molecule has 0 amide bonds. The van der Waals surface area contributed by atoms with Gasteiger partial charge in [0.1, 0.15) is 12.2 Å². The number of nitrogen functional groups attached to an aromatic ring is 1. The topological polar surface area (TPSA) is 91.5 Å². The summed E-state index contributed by atoms with van der Waals surface area (Å²) in [6, 6.07) is 0. The van der Waals surface area contributed by atoms with Crippen molar-refractivity contribution in [3.05, 3.63) is 18.0 Å². The number of nitrogens with two attached hydrogens (primary N) is 1. The number of rotatable bonds is 1. The highest BCUT2D eigenvalue weighted by Gasteiger charge is 2.19. The molecule has 0 atom stereocenters. The maximum atomic E-state index is 8.11. The van der Waals surface area contributed by atoms with Crippen molar-refractivity contribution < 1.29 is 0 Å². The molecule has 2 rings (SSSR count). The highest BCUT2D eigenvalue weighted by Crippen LogP contribution is 2.24. The number of hydrogen-bond donors (Lipinski definition) is 3. The maximum absolute atomic E-state index is 8.11. The lowest BCUT2D eigenvalue weighted by molar-refractivity contribution is 0.430. The van der Waals surface area contributed by atoms with Crippen LogP contribution in [0.5, 0.6) is 0 Å². The van der Waals surface area contributed by atoms with Crippen LogP contribution in [0.25, 0.3) is 0 Å². The fraction of sp³-hybridized carbons (Fsp3) is 0.545. The molecule has 1 aliphatic rings. The zero-order chi connectivity index (χ0) is 11.5. The Morgan fingerprint density at radius 1 is 1.38 bits per heavy atom. The van der Waals surface area contributed by atoms with Crippen LogP contribution in [0.3, 0.4) is 0 Å². The lowest BCUT2D eigenvalue weighted by atomic mass is 9.88. The van der Waals surface area contributed by atoms with Crippen LogP contribution in [0.15, 0.2) is 12.5 Å². The summed E-state index contributed by atoms with van der Waals surface area (Å²) < 4.78 is 1.49. The van der Waals surface area contributed by atoms with Crippen LogP contribution in [0.4, 0.5) is 5.69 Å². The molecule has 0 spiro atoms. The summed E-state index contributed by atoms with van der Waals surface area (Å²) >= 11 is 0. The molecule has 86 valence electrons. The van der Waals surface area contributed by atoms with E-state index in [0.29, 0.717) is 11.5 Å². The fourth-order valence-electron chi connectivity index (χ4n) is 2.19. The van der Waals surface area contributed by atoms with E-state index in [1.165, 1.54) is 36.4 Å². The van der Waals surface area contributed by atoms with Gasteiger partial charge in [0.25, 0.3) is 0 Å². The van der Waals surface area contributed by atoms with Gasteiger partial charge in [-0.05, 0) is 12.8 Å². The van der Waals surface area contributed by atoms with Gasteiger partial charge in [0.2, 0.25) is 0 Å². The summed E-state index contributed by atoms with van der Waals surface area (Å²) in [5.74, 6) is 0.718. The third-order valence-electron chi connectivity index (χ3n) is 3.16. The first-order valence-electron chi connectivity index (χ1n) is 5.65. The minimum absolute atomic E-state index is 0.172. The van der Waals surface area contributed by atoms with Crippen molar-refractivity contribution >= 4 is 11.5 Å². The first-order chi connectivity index (χ1) is 7.70. The van der Waals surface area contributed by atoms with E-state index in [0.717, 1.165) is 12.8 Å². The van der Waals surface area contributed by atoms with E-state index >= 15 is 0 Å². The molecule has 1 heterocycles. The second kappa shape index (κ2) is 4.47. The Balaban J connectivity index is 2.26. The minimum atomic E-state index is 0.172. The van der Waals surface area contributed by atoms with Crippen LogP contribution >= 0.6 is 0 Å². The Morgan fingerprint density at radius 3 is 2.75 bits per heavy atom. The van der Waals surface area contributed by atoms with E-state index in [1.54, 1.807) is 0 Å². The zero-order valence-electron chi connectivity index (χ0n) is 9.24. The third kappa shape index (κ3) is 1.98. The van der Waals surface area contributed by atoms with Gasteiger partial charge in [-0.2, -0.15) is 0 Å². The Labute approximate surface area is 94.3 Å². The Hall–Kier alpha value is -1.65. The van der Waals surface area contributed by atoms with E-state index in [2.05, 4.69) is 4.98 Å². The van der Waals surface area contributed by atoms with Crippen molar-refractivity contribution in [2.24, 2.45) is 5.92 Å². The van der Waals surface area contributed by atoms with Crippen LogP contribution in [0.2, 0.25) is 0 Å². The molecule has 0 aromatic carbocycles. The number of hydrogen-bond acceptors (Lipinski definition) is 4. The lowest BCUT2D eigenvalue weighted by Gasteiger charge is -2.23. The van der Waals surface area contributed by atoms with Crippen molar-refractivity contribution in [2.75, 3.05) is 5.73 Å². The molecule has 4 N–H and O–H groups in total. The number of nitrogens with one attached hydrogen (secondary N) is 2. The van der Waals surface area contributed by atoms with Crippen molar-refractivity contribution in [3.8, 4) is 0 Å². The van der Waals surface area contributed by atoms with Crippen LogP contribution in [-0.2, 0) is 0 Å². The van der Waals surface area contributed by atoms with Gasteiger partial charge in [-0.3, -0.25) is 15.4 Å². The molecular formula is C11H17N5. The SMILES string of the molecule is N=C(C1CCCCC1)n1cncc(N)c1=N. The summed E-state index contributed by atoms with van der Waals surface area (Å²) in [5.41, 5.74) is 6.11. The summed E-state index contributed by atoms with van der Waals surface area (Å²) in [5, 5.41) is 15.9. The van der Waals surface area contributed by atoms with E-state index < -0.39 is 0 Å². The predicted octanol–water partition coefficient (Wildman–Crippen LogP) is 1.35. The molecule has 1 fully saturated rings. The molecule has 0 unspecified atom stereocenters. The number of nitrogens with zero attached hydrogens (tertiary/aromatic N) is 2. The van der Waals surface area contributed by atoms with Gasteiger partial charge in [0.05, 0.1) is 11.9 Å². The van der Waals surface area contributed by atoms with Crippen LogP contribution < -0.4 is 11.2 Å². The third-order valence-corrected chi connectivity index (χ3v) is 3.16. The Bertz CT molecular complexity index is 442. The van der Waals surface area contributed by atoms with Gasteiger partial charge in [-0.1, -0.05) is 19.3 Å². The monoisotopic (exact) mass is 219 g/mol. The van der Waals surface area contributed by atoms with Crippen molar-refractivity contribution in [2.45, 2.75) is 32.1 Å². The summed E-state index contributed by atoms with van der Waals surface area (Å²) in [6.45, 7) is 0. The fourth-order valence-corrected chi connectivity index (χ4v) is 2.19. The molecule has 0 saturated heterocycles. The second-order valence-electron chi connectivity index (χ2n) is 4.29. The van der Waals surface area contributed by atoms with Crippen molar-refractivity contribution in [1.82, 2.24) is 9.55 Å². The summed E-state index contributed by atoms with van der Waals surface area (Å²) in [7, 11) is 0. The summed E-state index contributed by atoms with van der Waals surface area (Å²) in [4.78, 5) is 3.94. The average molecular weight is 219 g/mol. The van der Waals surface area contributed by atoms with E-state index in [1.807, 2.05) is 0 Å². The number of aromatic nitrogens is 2. The van der Waals surface area contributed by atoms with Gasteiger partial charge < -0.3 is 5.73 Å². The van der Waals surface area contributed by atoms with Gasteiger partial charge in [-0.15, -0.1) is 0 Å². The van der Waals surface area contributed by atoms with Crippen molar-refractivity contribution in [3.63, 3.8) is 0 Å². The molecule has 1 aromatic heterocycles. The predicted molar refractivity (Wildman–Crippen MR) is 62.2 cm³/mol. The van der Waals surface area contributed by atoms with Crippen LogP contribution in [0, 0.1) is 16.7 Å². The quantitative estimate of drug-likeness (QED) is 0.491. The zero-order valence-corrected chi connectivity index (χ0v) is 9.24. The van der Waals surface area contributed by atoms with Gasteiger partial charge in [0, 0.05) is 5.92 Å². The average Bonchev–Trinajstić information content (AvgIpc) is 2.33. The first-order valence-corrected chi connectivity index (χ1v) is 5.65. The second-order valence-corrected chi connectivity index (χ2v) is 4.29. The molecule has 1 saturated carbocycles. The first kappa shape index (κ1) is 10.9. The summed E-state index contributed by atoms with van der Waals surface area (Å²) in [6.07, 6.45) is 8.66. The van der Waals surface area contributed by atoms with Gasteiger partial charge >= 0.3 is 0 Å². The molecule has 1 aliphatic carbocycles. The molecule has 5 heteroatoms. The normalized spacial score (nSPS) is 17.2. The van der Waals surface area contributed by atoms with Crippen molar-refractivity contribution in [1.29, 1.82) is 10.8 Å². The molecular weight excluding hydrogens is 202 g/mol. The molecule has 0 radical (unpaired) electrons. The van der Waals surface area contributed by atoms with Crippen LogP contribution in [0.1, 0.15) is 32.1 Å². The lowest BCUT2D eigenvalue weighted by Crippen LogP contribution is -2.34. The Kier molecular flexibility index (Phi) is 3.03. The molecule has 16 heavy (non-hydrogen) atoms. The minimum Gasteiger partial charge on any atom is -0.394 e. The van der Waals surface area contributed by atoms with E-state index in [9.17, 15) is 0 Å². The van der Waals surface area contributed by atoms with E-state index in [-0.39, 0.29) is 11.4 Å². The highest BCUT2D eigenvalue weighted by atomic mass is 15.1. The number of anilines is 1. The largest absolute Gasteiger partial charge is 0.394 e. The standard InChI is InChI=1S/C11H17N5/c12-9-6-15-7-16(11(9)14)10(13)8-4-2-1-3-5-8/h6-8,13-14H,1-5,12H2. The van der Waals surface area contributed by atoms with Gasteiger partial charge in [-0.25, -0.2) is 4.98 Å². The van der Waals surface area contributed by atoms with E-state index in [4.69, 9.17) is 16.6 Å². The highest BCUT2D eigenvalue weighted by molar-refractivity contribution is 5.83. The molecule has 5 nitrogen and oxygen atoms in total. The Morgan fingerprint density at radius 2 is 2.06 bits per heavy atom. The molecule has 0 bridgehead atoms. The van der Waals surface area contributed by atoms with Gasteiger partial charge in [0.15, 0.2) is 5.49 Å². The maximum Gasteiger partial charge on any atom is 0.156 e. The molecule has 0 aliphatic heterocycles. The smallest absolute Gasteiger partial charge is 0.156 e. The van der Waals surface area contributed by atoms with Crippen LogP contribution in [-0.4, -0.2) is 15.4 Å².